The molecular formula is C12H18Cl2O. The largest absolute Gasteiger partial charge is 0.487 e. The molecular weight excluding hydrogens is 231 g/mol. The van der Waals surface area contributed by atoms with Crippen molar-refractivity contribution in [3.05, 3.63) is 29.8 Å². The van der Waals surface area contributed by atoms with E-state index in [1.54, 1.807) is 0 Å². The Bertz CT molecular complexity index is 345. The van der Waals surface area contributed by atoms with E-state index in [2.05, 4.69) is 39.8 Å². The molecule has 0 spiro atoms. The van der Waals surface area contributed by atoms with Crippen molar-refractivity contribution < 1.29 is 4.74 Å². The van der Waals surface area contributed by atoms with Crippen LogP contribution in [0.5, 0.6) is 5.75 Å². The topological polar surface area (TPSA) is 9.23 Å². The zero-order chi connectivity index (χ0) is 9.69. The maximum absolute atomic E-state index is 5.91. The normalized spacial score (nSPS) is 19.2. The number of hydrogen-bond donors (Lipinski definition) is 0. The standard InChI is InChI=1S/C12H16O.2ClH/c1-11(2)9-7-5-6-8-10(9)13-12(11,3)4;;/h5-8H,1-4H3;2*1H. The molecule has 1 nitrogen and oxygen atoms in total. The first-order valence-corrected chi connectivity index (χ1v) is 4.74. The molecule has 1 aliphatic heterocycles. The van der Waals surface area contributed by atoms with Gasteiger partial charge in [0.1, 0.15) is 11.4 Å². The minimum absolute atomic E-state index is 0. The molecule has 0 radical (unpaired) electrons. The lowest BCUT2D eigenvalue weighted by molar-refractivity contribution is 0.0712. The maximum atomic E-state index is 5.91. The highest BCUT2D eigenvalue weighted by molar-refractivity contribution is 5.85. The zero-order valence-electron chi connectivity index (χ0n) is 9.53. The van der Waals surface area contributed by atoms with Crippen molar-refractivity contribution in [3.8, 4) is 5.75 Å². The summed E-state index contributed by atoms with van der Waals surface area (Å²) in [7, 11) is 0. The van der Waals surface area contributed by atoms with E-state index in [-0.39, 0.29) is 35.8 Å². The second kappa shape index (κ2) is 4.23. The molecule has 1 aromatic rings. The molecule has 0 bridgehead atoms. The van der Waals surface area contributed by atoms with Crippen LogP contribution in [0.3, 0.4) is 0 Å². The number of ether oxygens (including phenoxy) is 1. The molecule has 3 heteroatoms. The van der Waals surface area contributed by atoms with Gasteiger partial charge in [-0.05, 0) is 19.9 Å². The quantitative estimate of drug-likeness (QED) is 0.675. The summed E-state index contributed by atoms with van der Waals surface area (Å²) in [5.74, 6) is 1.04. The van der Waals surface area contributed by atoms with Crippen molar-refractivity contribution in [1.82, 2.24) is 0 Å². The third kappa shape index (κ3) is 1.95. The van der Waals surface area contributed by atoms with Gasteiger partial charge in [0.05, 0.1) is 0 Å². The Morgan fingerprint density at radius 1 is 0.933 bits per heavy atom. The van der Waals surface area contributed by atoms with Crippen molar-refractivity contribution in [3.63, 3.8) is 0 Å². The third-order valence-electron chi connectivity index (χ3n) is 3.43. The van der Waals surface area contributed by atoms with Crippen LogP contribution in [0.1, 0.15) is 33.3 Å². The van der Waals surface area contributed by atoms with Crippen LogP contribution in [-0.4, -0.2) is 5.60 Å². The summed E-state index contributed by atoms with van der Waals surface area (Å²) in [6.45, 7) is 8.76. The number of hydrogen-bond acceptors (Lipinski definition) is 1. The third-order valence-corrected chi connectivity index (χ3v) is 3.43. The molecule has 0 amide bonds. The van der Waals surface area contributed by atoms with E-state index in [1.165, 1.54) is 5.56 Å². The predicted octanol–water partition coefficient (Wildman–Crippen LogP) is 3.98. The number of halogens is 2. The van der Waals surface area contributed by atoms with E-state index in [1.807, 2.05) is 12.1 Å². The second-order valence-electron chi connectivity index (χ2n) is 4.73. The van der Waals surface area contributed by atoms with E-state index in [9.17, 15) is 0 Å². The fourth-order valence-electron chi connectivity index (χ4n) is 1.80. The summed E-state index contributed by atoms with van der Waals surface area (Å²) in [6.07, 6.45) is 0. The lowest BCUT2D eigenvalue weighted by atomic mass is 9.74. The SMILES string of the molecule is CC1(C)Oc2ccccc2C1(C)C.Cl.Cl. The predicted molar refractivity (Wildman–Crippen MR) is 68.7 cm³/mol. The van der Waals surface area contributed by atoms with Crippen LogP contribution >= 0.6 is 24.8 Å². The molecule has 86 valence electrons. The average Bonchev–Trinajstić information content (AvgIpc) is 2.20. The highest BCUT2D eigenvalue weighted by Gasteiger charge is 2.47. The summed E-state index contributed by atoms with van der Waals surface area (Å²) in [6, 6.07) is 8.30. The highest BCUT2D eigenvalue weighted by atomic mass is 35.5. The minimum atomic E-state index is -0.101. The van der Waals surface area contributed by atoms with Gasteiger partial charge in [0.15, 0.2) is 0 Å². The Kier molecular flexibility index (Phi) is 4.11. The van der Waals surface area contributed by atoms with E-state index in [0.717, 1.165) is 5.75 Å². The van der Waals surface area contributed by atoms with Gasteiger partial charge >= 0.3 is 0 Å². The highest BCUT2D eigenvalue weighted by Crippen LogP contribution is 2.48. The summed E-state index contributed by atoms with van der Waals surface area (Å²) in [4.78, 5) is 0. The molecule has 0 fully saturated rings. The van der Waals surface area contributed by atoms with Gasteiger partial charge in [0, 0.05) is 11.0 Å². The first-order chi connectivity index (χ1) is 5.95. The maximum Gasteiger partial charge on any atom is 0.124 e. The Morgan fingerprint density at radius 2 is 1.47 bits per heavy atom. The molecule has 0 saturated carbocycles. The van der Waals surface area contributed by atoms with Crippen molar-refractivity contribution >= 4 is 24.8 Å². The fourth-order valence-corrected chi connectivity index (χ4v) is 1.80. The van der Waals surface area contributed by atoms with Gasteiger partial charge in [-0.1, -0.05) is 32.0 Å². The van der Waals surface area contributed by atoms with Crippen molar-refractivity contribution in [2.45, 2.75) is 38.7 Å². The number of para-hydroxylation sites is 1. The van der Waals surface area contributed by atoms with Crippen LogP contribution in [0.4, 0.5) is 0 Å². The summed E-state index contributed by atoms with van der Waals surface area (Å²) < 4.78 is 5.91. The number of rotatable bonds is 0. The first kappa shape index (κ1) is 14.6. The van der Waals surface area contributed by atoms with Gasteiger partial charge in [-0.15, -0.1) is 24.8 Å². The Morgan fingerprint density at radius 3 is 2.00 bits per heavy atom. The van der Waals surface area contributed by atoms with Crippen molar-refractivity contribution in [1.29, 1.82) is 0 Å². The molecule has 0 aromatic heterocycles. The molecule has 2 rings (SSSR count). The van der Waals surface area contributed by atoms with Crippen LogP contribution in [0.15, 0.2) is 24.3 Å². The molecule has 0 unspecified atom stereocenters. The minimum Gasteiger partial charge on any atom is -0.487 e. The van der Waals surface area contributed by atoms with Gasteiger partial charge in [-0.3, -0.25) is 0 Å². The molecule has 1 aliphatic rings. The molecule has 1 heterocycles. The van der Waals surface area contributed by atoms with Crippen LogP contribution in [0, 0.1) is 0 Å². The lowest BCUT2D eigenvalue weighted by Gasteiger charge is -2.33. The van der Waals surface area contributed by atoms with Gasteiger partial charge in [0.25, 0.3) is 0 Å². The van der Waals surface area contributed by atoms with E-state index in [0.29, 0.717) is 0 Å². The van der Waals surface area contributed by atoms with E-state index < -0.39 is 0 Å². The van der Waals surface area contributed by atoms with Gasteiger partial charge in [-0.2, -0.15) is 0 Å². The second-order valence-corrected chi connectivity index (χ2v) is 4.73. The van der Waals surface area contributed by atoms with Gasteiger partial charge < -0.3 is 4.74 Å². The Hall–Kier alpha value is -0.400. The van der Waals surface area contributed by atoms with E-state index in [4.69, 9.17) is 4.74 Å². The Labute approximate surface area is 104 Å². The molecule has 1 aromatic carbocycles. The first-order valence-electron chi connectivity index (χ1n) is 4.74. The van der Waals surface area contributed by atoms with E-state index >= 15 is 0 Å². The summed E-state index contributed by atoms with van der Waals surface area (Å²) in [5, 5.41) is 0. The monoisotopic (exact) mass is 248 g/mol. The summed E-state index contributed by atoms with van der Waals surface area (Å²) in [5.41, 5.74) is 1.32. The molecule has 15 heavy (non-hydrogen) atoms. The smallest absolute Gasteiger partial charge is 0.124 e. The Balaban J connectivity index is 0.000000980. The van der Waals surface area contributed by atoms with Gasteiger partial charge in [-0.25, -0.2) is 0 Å². The van der Waals surface area contributed by atoms with Gasteiger partial charge in [0.2, 0.25) is 0 Å². The molecule has 0 aliphatic carbocycles. The fraction of sp³-hybridized carbons (Fsp3) is 0.500. The van der Waals surface area contributed by atoms with Crippen LogP contribution < -0.4 is 4.74 Å². The van der Waals surface area contributed by atoms with Crippen LogP contribution in [0.2, 0.25) is 0 Å². The number of benzene rings is 1. The molecule has 0 saturated heterocycles. The van der Waals surface area contributed by atoms with Crippen LogP contribution in [0.25, 0.3) is 0 Å². The average molecular weight is 249 g/mol. The van der Waals surface area contributed by atoms with Crippen molar-refractivity contribution in [2.24, 2.45) is 0 Å². The number of fused-ring (bicyclic) bond motifs is 1. The lowest BCUT2D eigenvalue weighted by Crippen LogP contribution is -2.41. The van der Waals surface area contributed by atoms with Crippen LogP contribution in [-0.2, 0) is 5.41 Å². The zero-order valence-corrected chi connectivity index (χ0v) is 11.2. The molecule has 0 atom stereocenters. The summed E-state index contributed by atoms with van der Waals surface area (Å²) >= 11 is 0. The molecule has 0 N–H and O–H groups in total. The van der Waals surface area contributed by atoms with Crippen molar-refractivity contribution in [2.75, 3.05) is 0 Å².